The van der Waals surface area contributed by atoms with Gasteiger partial charge in [0.25, 0.3) is 5.56 Å². The van der Waals surface area contributed by atoms with E-state index in [0.29, 0.717) is 0 Å². The second kappa shape index (κ2) is 5.90. The van der Waals surface area contributed by atoms with Crippen LogP contribution < -0.4 is 5.56 Å². The van der Waals surface area contributed by atoms with Crippen molar-refractivity contribution in [2.24, 2.45) is 0 Å². The van der Waals surface area contributed by atoms with Crippen LogP contribution in [-0.2, 0) is 19.4 Å². The molecule has 3 nitrogen and oxygen atoms in total. The molecule has 3 rings (SSSR count). The number of hydrogen-bond donors (Lipinski definition) is 0. The molecule has 0 spiro atoms. The van der Waals surface area contributed by atoms with Crippen molar-refractivity contribution in [1.82, 2.24) is 9.55 Å². The summed E-state index contributed by atoms with van der Waals surface area (Å²) >= 11 is 3.45. The number of aromatic nitrogens is 2. The molecule has 0 amide bonds. The van der Waals surface area contributed by atoms with Crippen LogP contribution >= 0.6 is 23.1 Å². The van der Waals surface area contributed by atoms with E-state index in [2.05, 4.69) is 13.8 Å². The Balaban J connectivity index is 2.19. The Kier molecular flexibility index (Phi) is 4.17. The Morgan fingerprint density at radius 2 is 2.15 bits per heavy atom. The van der Waals surface area contributed by atoms with Crippen molar-refractivity contribution in [2.75, 3.05) is 5.75 Å². The van der Waals surface area contributed by atoms with E-state index in [1.165, 1.54) is 16.9 Å². The molecular formula is C15H20N2OS2. The summed E-state index contributed by atoms with van der Waals surface area (Å²) in [5.74, 6) is 1.02. The van der Waals surface area contributed by atoms with Crippen molar-refractivity contribution >= 4 is 33.3 Å². The first-order valence-electron chi connectivity index (χ1n) is 7.44. The van der Waals surface area contributed by atoms with Crippen molar-refractivity contribution in [1.29, 1.82) is 0 Å². The highest BCUT2D eigenvalue weighted by Gasteiger charge is 2.22. The highest BCUT2D eigenvalue weighted by molar-refractivity contribution is 7.99. The van der Waals surface area contributed by atoms with Gasteiger partial charge in [-0.15, -0.1) is 11.3 Å². The summed E-state index contributed by atoms with van der Waals surface area (Å²) in [6.07, 6.45) is 5.45. The predicted molar refractivity (Wildman–Crippen MR) is 87.2 cm³/mol. The van der Waals surface area contributed by atoms with Crippen LogP contribution in [0.3, 0.4) is 0 Å². The van der Waals surface area contributed by atoms with Crippen molar-refractivity contribution in [2.45, 2.75) is 57.7 Å². The summed E-state index contributed by atoms with van der Waals surface area (Å²) in [6.45, 7) is 5.05. The van der Waals surface area contributed by atoms with Gasteiger partial charge in [0.1, 0.15) is 4.83 Å². The average molecular weight is 308 g/mol. The molecule has 0 unspecified atom stereocenters. The smallest absolute Gasteiger partial charge is 0.263 e. The second-order valence-corrected chi connectivity index (χ2v) is 7.38. The molecule has 0 bridgehead atoms. The van der Waals surface area contributed by atoms with Gasteiger partial charge in [-0.3, -0.25) is 9.36 Å². The average Bonchev–Trinajstić information content (AvgIpc) is 3.00. The van der Waals surface area contributed by atoms with Crippen molar-refractivity contribution in [3.8, 4) is 0 Å². The molecule has 2 aromatic rings. The van der Waals surface area contributed by atoms with E-state index in [1.807, 2.05) is 4.57 Å². The second-order valence-electron chi connectivity index (χ2n) is 5.24. The Hall–Kier alpha value is -0.810. The van der Waals surface area contributed by atoms with Crippen LogP contribution in [0.4, 0.5) is 0 Å². The number of aryl methyl sites for hydroxylation is 2. The molecular weight excluding hydrogens is 288 g/mol. The van der Waals surface area contributed by atoms with E-state index < -0.39 is 0 Å². The first-order valence-corrected chi connectivity index (χ1v) is 9.24. The summed E-state index contributed by atoms with van der Waals surface area (Å²) < 4.78 is 1.90. The fraction of sp³-hybridized carbons (Fsp3) is 0.600. The maximum Gasteiger partial charge on any atom is 0.263 e. The molecule has 20 heavy (non-hydrogen) atoms. The number of hydrogen-bond acceptors (Lipinski definition) is 4. The monoisotopic (exact) mass is 308 g/mol. The highest BCUT2D eigenvalue weighted by atomic mass is 32.2. The van der Waals surface area contributed by atoms with Gasteiger partial charge in [0.15, 0.2) is 5.16 Å². The topological polar surface area (TPSA) is 34.9 Å². The summed E-state index contributed by atoms with van der Waals surface area (Å²) in [7, 11) is 0. The summed E-state index contributed by atoms with van der Waals surface area (Å²) in [5, 5.41) is 1.82. The molecule has 108 valence electrons. The Morgan fingerprint density at radius 3 is 2.90 bits per heavy atom. The Labute approximate surface area is 127 Å². The van der Waals surface area contributed by atoms with E-state index in [4.69, 9.17) is 4.98 Å². The third-order valence-corrected chi connectivity index (χ3v) is 6.04. The molecule has 0 atom stereocenters. The minimum absolute atomic E-state index is 0.190. The number of fused-ring (bicyclic) bond motifs is 3. The van der Waals surface area contributed by atoms with E-state index >= 15 is 0 Å². The number of thiophene rings is 1. The summed E-state index contributed by atoms with van der Waals surface area (Å²) in [4.78, 5) is 20.0. The van der Waals surface area contributed by atoms with Crippen LogP contribution in [0.1, 0.15) is 43.6 Å². The van der Waals surface area contributed by atoms with Gasteiger partial charge in [-0.25, -0.2) is 4.98 Å². The number of thioether (sulfide) groups is 1. The van der Waals surface area contributed by atoms with Crippen LogP contribution in [0.2, 0.25) is 0 Å². The largest absolute Gasteiger partial charge is 0.287 e. The molecule has 2 heterocycles. The molecule has 0 aromatic carbocycles. The zero-order valence-electron chi connectivity index (χ0n) is 12.1. The minimum Gasteiger partial charge on any atom is -0.287 e. The maximum absolute atomic E-state index is 12.8. The molecule has 0 N–H and O–H groups in total. The van der Waals surface area contributed by atoms with Gasteiger partial charge in [-0.1, -0.05) is 25.6 Å². The van der Waals surface area contributed by atoms with Crippen molar-refractivity contribution in [3.05, 3.63) is 20.8 Å². The molecule has 2 aromatic heterocycles. The highest BCUT2D eigenvalue weighted by Crippen LogP contribution is 2.35. The van der Waals surface area contributed by atoms with Crippen molar-refractivity contribution in [3.63, 3.8) is 0 Å². The SMILES string of the molecule is CCCSc1nc2sc3c(c2c(=O)n1CCC)CCC3. The summed E-state index contributed by atoms with van der Waals surface area (Å²) in [5.41, 5.74) is 1.48. The minimum atomic E-state index is 0.190. The van der Waals surface area contributed by atoms with Crippen LogP contribution in [0.15, 0.2) is 9.95 Å². The fourth-order valence-corrected chi connectivity index (χ4v) is 4.96. The van der Waals surface area contributed by atoms with Crippen LogP contribution in [0, 0.1) is 0 Å². The lowest BCUT2D eigenvalue weighted by atomic mass is 10.2. The zero-order chi connectivity index (χ0) is 14.1. The number of nitrogens with zero attached hydrogens (tertiary/aromatic N) is 2. The van der Waals surface area contributed by atoms with Gasteiger partial charge in [-0.2, -0.15) is 0 Å². The predicted octanol–water partition coefficient (Wildman–Crippen LogP) is 3.86. The molecule has 1 aliphatic rings. The standard InChI is InChI=1S/C15H20N2OS2/c1-3-8-17-14(18)12-10-6-5-7-11(10)20-13(12)16-15(17)19-9-4-2/h3-9H2,1-2H3. The molecule has 5 heteroatoms. The van der Waals surface area contributed by atoms with E-state index in [1.54, 1.807) is 23.1 Å². The van der Waals surface area contributed by atoms with Gasteiger partial charge < -0.3 is 0 Å². The molecule has 0 radical (unpaired) electrons. The van der Waals surface area contributed by atoms with Crippen LogP contribution in [-0.4, -0.2) is 15.3 Å². The molecule has 0 aliphatic heterocycles. The van der Waals surface area contributed by atoms with Crippen LogP contribution in [0.5, 0.6) is 0 Å². The lowest BCUT2D eigenvalue weighted by Crippen LogP contribution is -2.23. The fourth-order valence-electron chi connectivity index (χ4n) is 2.78. The quantitative estimate of drug-likeness (QED) is 0.621. The van der Waals surface area contributed by atoms with Gasteiger partial charge in [-0.05, 0) is 37.7 Å². The third-order valence-electron chi connectivity index (χ3n) is 3.67. The van der Waals surface area contributed by atoms with E-state index in [9.17, 15) is 4.79 Å². The lowest BCUT2D eigenvalue weighted by Gasteiger charge is -2.10. The molecule has 0 saturated carbocycles. The Morgan fingerprint density at radius 1 is 1.30 bits per heavy atom. The first kappa shape index (κ1) is 14.1. The molecule has 0 saturated heterocycles. The van der Waals surface area contributed by atoms with Crippen LogP contribution in [0.25, 0.3) is 10.2 Å². The van der Waals surface area contributed by atoms with Gasteiger partial charge in [0, 0.05) is 17.2 Å². The van der Waals surface area contributed by atoms with E-state index in [-0.39, 0.29) is 5.56 Å². The third kappa shape index (κ3) is 2.31. The zero-order valence-corrected chi connectivity index (χ0v) is 13.7. The molecule has 1 aliphatic carbocycles. The molecule has 0 fully saturated rings. The Bertz CT molecular complexity index is 687. The van der Waals surface area contributed by atoms with E-state index in [0.717, 1.165) is 53.4 Å². The van der Waals surface area contributed by atoms with Gasteiger partial charge >= 0.3 is 0 Å². The van der Waals surface area contributed by atoms with Gasteiger partial charge in [0.05, 0.1) is 5.39 Å². The lowest BCUT2D eigenvalue weighted by molar-refractivity contribution is 0.585. The van der Waals surface area contributed by atoms with Gasteiger partial charge in [0.2, 0.25) is 0 Å². The first-order chi connectivity index (χ1) is 9.76. The summed E-state index contributed by atoms with van der Waals surface area (Å²) in [6, 6.07) is 0. The normalized spacial score (nSPS) is 14.1. The number of rotatable bonds is 5. The maximum atomic E-state index is 12.8. The van der Waals surface area contributed by atoms with Crippen molar-refractivity contribution < 1.29 is 0 Å².